The third-order valence-electron chi connectivity index (χ3n) is 3.26. The molecule has 0 aliphatic carbocycles. The Hall–Kier alpha value is -2.29. The van der Waals surface area contributed by atoms with Gasteiger partial charge in [0, 0.05) is 4.47 Å². The van der Waals surface area contributed by atoms with Gasteiger partial charge in [-0.3, -0.25) is 14.9 Å². The van der Waals surface area contributed by atoms with Gasteiger partial charge in [0.05, 0.1) is 20.6 Å². The molecule has 1 atom stereocenters. The molecule has 1 rings (SSSR count). The number of nitrogens with two attached hydrogens (primary N) is 1. The molecule has 3 N–H and O–H groups in total. The zero-order valence-electron chi connectivity index (χ0n) is 14.4. The minimum absolute atomic E-state index is 0.103. The van der Waals surface area contributed by atoms with E-state index in [1.165, 1.54) is 14.2 Å². The number of benzene rings is 1. The first-order valence-electron chi connectivity index (χ1n) is 7.39. The average Bonchev–Trinajstić information content (AvgIpc) is 2.52. The Kier molecular flexibility index (Phi) is 7.69. The van der Waals surface area contributed by atoms with Gasteiger partial charge in [-0.15, -0.1) is 0 Å². The highest BCUT2D eigenvalue weighted by Crippen LogP contribution is 2.33. The molecule has 0 aromatic heterocycles. The maximum atomic E-state index is 12.2. The lowest BCUT2D eigenvalue weighted by atomic mass is 10.1. The second kappa shape index (κ2) is 9.26. The smallest absolute Gasteiger partial charge is 0.318 e. The standard InChI is InChI=1S/C16H21BrN2O6/c1-8(2)14(15(21)19-16(18)22)25-13(20)6-9-5-11(23-3)12(24-4)7-10(9)17/h5,7-8,14H,6H2,1-4H3,(H3,18,19,21,22)/t14-/m0/s1. The van der Waals surface area contributed by atoms with Gasteiger partial charge >= 0.3 is 12.0 Å². The third kappa shape index (κ3) is 5.93. The van der Waals surface area contributed by atoms with Gasteiger partial charge in [-0.1, -0.05) is 29.8 Å². The topological polar surface area (TPSA) is 117 Å². The molecule has 0 spiro atoms. The van der Waals surface area contributed by atoms with Crippen LogP contribution in [0.3, 0.4) is 0 Å². The van der Waals surface area contributed by atoms with Crippen LogP contribution in [0.25, 0.3) is 0 Å². The molecule has 0 aliphatic rings. The van der Waals surface area contributed by atoms with E-state index in [1.807, 2.05) is 5.32 Å². The van der Waals surface area contributed by atoms with Crippen molar-refractivity contribution in [3.63, 3.8) is 0 Å². The molecule has 0 heterocycles. The second-order valence-electron chi connectivity index (χ2n) is 5.48. The normalized spacial score (nSPS) is 11.6. The van der Waals surface area contributed by atoms with Crippen molar-refractivity contribution in [2.75, 3.05) is 14.2 Å². The number of ether oxygens (including phenoxy) is 3. The number of urea groups is 1. The van der Waals surface area contributed by atoms with Crippen molar-refractivity contribution in [3.8, 4) is 11.5 Å². The lowest BCUT2D eigenvalue weighted by Crippen LogP contribution is -2.45. The summed E-state index contributed by atoms with van der Waals surface area (Å²) in [5, 5.41) is 1.92. The number of methoxy groups -OCH3 is 2. The number of carbonyl (C=O) groups excluding carboxylic acids is 3. The van der Waals surface area contributed by atoms with Crippen LogP contribution in [0.15, 0.2) is 16.6 Å². The van der Waals surface area contributed by atoms with Crippen LogP contribution >= 0.6 is 15.9 Å². The molecule has 1 aromatic rings. The van der Waals surface area contributed by atoms with Crippen LogP contribution in [-0.2, 0) is 20.7 Å². The molecule has 0 saturated carbocycles. The Morgan fingerprint density at radius 1 is 1.16 bits per heavy atom. The highest BCUT2D eigenvalue weighted by Gasteiger charge is 2.27. The number of hydrogen-bond acceptors (Lipinski definition) is 6. The summed E-state index contributed by atoms with van der Waals surface area (Å²) < 4.78 is 16.2. The van der Waals surface area contributed by atoms with E-state index < -0.39 is 24.0 Å². The van der Waals surface area contributed by atoms with Crippen LogP contribution in [0.4, 0.5) is 4.79 Å². The van der Waals surface area contributed by atoms with Gasteiger partial charge in [0.25, 0.3) is 5.91 Å². The third-order valence-corrected chi connectivity index (χ3v) is 3.99. The van der Waals surface area contributed by atoms with Crippen molar-refractivity contribution in [2.45, 2.75) is 26.4 Å². The van der Waals surface area contributed by atoms with Crippen molar-refractivity contribution in [3.05, 3.63) is 22.2 Å². The molecule has 0 radical (unpaired) electrons. The quantitative estimate of drug-likeness (QED) is 0.654. The molecule has 9 heteroatoms. The van der Waals surface area contributed by atoms with Crippen LogP contribution < -0.4 is 20.5 Å². The molecule has 138 valence electrons. The minimum atomic E-state index is -1.13. The van der Waals surface area contributed by atoms with Crippen LogP contribution in [-0.4, -0.2) is 38.2 Å². The molecule has 0 aliphatic heterocycles. The number of halogens is 1. The van der Waals surface area contributed by atoms with Crippen LogP contribution in [0, 0.1) is 5.92 Å². The fourth-order valence-corrected chi connectivity index (χ4v) is 2.52. The molecule has 1 aromatic carbocycles. The second-order valence-corrected chi connectivity index (χ2v) is 6.34. The van der Waals surface area contributed by atoms with E-state index in [1.54, 1.807) is 26.0 Å². The van der Waals surface area contributed by atoms with Gasteiger partial charge in [-0.05, 0) is 23.6 Å². The number of esters is 1. The minimum Gasteiger partial charge on any atom is -0.493 e. The predicted molar refractivity (Wildman–Crippen MR) is 93.4 cm³/mol. The summed E-state index contributed by atoms with van der Waals surface area (Å²) in [5.41, 5.74) is 5.52. The number of carbonyl (C=O) groups is 3. The lowest BCUT2D eigenvalue weighted by Gasteiger charge is -2.20. The first kappa shape index (κ1) is 20.8. The van der Waals surface area contributed by atoms with E-state index in [0.717, 1.165) is 0 Å². The van der Waals surface area contributed by atoms with Gasteiger partial charge in [0.15, 0.2) is 17.6 Å². The fraction of sp³-hybridized carbons (Fsp3) is 0.438. The monoisotopic (exact) mass is 416 g/mol. The first-order valence-corrected chi connectivity index (χ1v) is 8.19. The number of amides is 3. The SMILES string of the molecule is COc1cc(Br)c(CC(=O)O[C@H](C(=O)NC(N)=O)C(C)C)cc1OC. The Balaban J connectivity index is 2.90. The Morgan fingerprint density at radius 2 is 1.72 bits per heavy atom. The van der Waals surface area contributed by atoms with Gasteiger partial charge in [-0.25, -0.2) is 4.79 Å². The maximum Gasteiger partial charge on any atom is 0.318 e. The summed E-state index contributed by atoms with van der Waals surface area (Å²) in [4.78, 5) is 34.9. The molecule has 8 nitrogen and oxygen atoms in total. The molecule has 3 amide bonds. The molecule has 25 heavy (non-hydrogen) atoms. The summed E-state index contributed by atoms with van der Waals surface area (Å²) in [6.45, 7) is 3.37. The highest BCUT2D eigenvalue weighted by molar-refractivity contribution is 9.10. The largest absolute Gasteiger partial charge is 0.493 e. The van der Waals surface area contributed by atoms with E-state index in [2.05, 4.69) is 15.9 Å². The first-order chi connectivity index (χ1) is 11.7. The summed E-state index contributed by atoms with van der Waals surface area (Å²) in [7, 11) is 2.99. The fourth-order valence-electron chi connectivity index (χ4n) is 2.06. The number of imide groups is 1. The summed E-state index contributed by atoms with van der Waals surface area (Å²) in [5.74, 6) is -0.765. The highest BCUT2D eigenvalue weighted by atomic mass is 79.9. The molecule has 0 saturated heterocycles. The van der Waals surface area contributed by atoms with E-state index in [0.29, 0.717) is 21.5 Å². The van der Waals surface area contributed by atoms with Crippen LogP contribution in [0.2, 0.25) is 0 Å². The van der Waals surface area contributed by atoms with E-state index in [9.17, 15) is 14.4 Å². The summed E-state index contributed by atoms with van der Waals surface area (Å²) in [6.07, 6.45) is -1.23. The van der Waals surface area contributed by atoms with E-state index in [-0.39, 0.29) is 12.3 Å². The van der Waals surface area contributed by atoms with Crippen molar-refractivity contribution in [1.29, 1.82) is 0 Å². The Labute approximate surface area is 154 Å². The number of primary amides is 1. The van der Waals surface area contributed by atoms with Gasteiger partial charge in [-0.2, -0.15) is 0 Å². The molecular weight excluding hydrogens is 396 g/mol. The Morgan fingerprint density at radius 3 is 2.20 bits per heavy atom. The van der Waals surface area contributed by atoms with Crippen molar-refractivity contribution in [1.82, 2.24) is 5.32 Å². The Bertz CT molecular complexity index is 662. The number of hydrogen-bond donors (Lipinski definition) is 2. The van der Waals surface area contributed by atoms with Gasteiger partial charge in [0.1, 0.15) is 0 Å². The van der Waals surface area contributed by atoms with Crippen LogP contribution in [0.5, 0.6) is 11.5 Å². The number of nitrogens with one attached hydrogen (secondary N) is 1. The number of rotatable bonds is 7. The average molecular weight is 417 g/mol. The predicted octanol–water partition coefficient (Wildman–Crippen LogP) is 1.77. The molecule has 0 bridgehead atoms. The summed E-state index contributed by atoms with van der Waals surface area (Å²) in [6, 6.07) is 2.30. The van der Waals surface area contributed by atoms with Gasteiger partial charge < -0.3 is 19.9 Å². The maximum absolute atomic E-state index is 12.2. The van der Waals surface area contributed by atoms with Crippen molar-refractivity contribution in [2.24, 2.45) is 11.7 Å². The van der Waals surface area contributed by atoms with Crippen molar-refractivity contribution >= 4 is 33.8 Å². The molecule has 0 unspecified atom stereocenters. The zero-order chi connectivity index (χ0) is 19.1. The lowest BCUT2D eigenvalue weighted by molar-refractivity contribution is -0.157. The molecule has 0 fully saturated rings. The van der Waals surface area contributed by atoms with Gasteiger partial charge in [0.2, 0.25) is 0 Å². The zero-order valence-corrected chi connectivity index (χ0v) is 16.0. The summed E-state index contributed by atoms with van der Waals surface area (Å²) >= 11 is 3.35. The van der Waals surface area contributed by atoms with Crippen molar-refractivity contribution < 1.29 is 28.6 Å². The van der Waals surface area contributed by atoms with E-state index >= 15 is 0 Å². The van der Waals surface area contributed by atoms with E-state index in [4.69, 9.17) is 19.9 Å². The van der Waals surface area contributed by atoms with Crippen LogP contribution in [0.1, 0.15) is 19.4 Å². The molecular formula is C16H21BrN2O6.